The fourth-order valence-electron chi connectivity index (χ4n) is 3.62. The van der Waals surface area contributed by atoms with Crippen LogP contribution in [0.3, 0.4) is 0 Å². The molecule has 2 saturated heterocycles. The fourth-order valence-corrected chi connectivity index (χ4v) is 3.62. The van der Waals surface area contributed by atoms with Gasteiger partial charge in [-0.25, -0.2) is 0 Å². The lowest BCUT2D eigenvalue weighted by Gasteiger charge is -2.40. The van der Waals surface area contributed by atoms with E-state index in [-0.39, 0.29) is 0 Å². The Hall–Kier alpha value is -0.0800. The van der Waals surface area contributed by atoms with Gasteiger partial charge in [-0.05, 0) is 63.6 Å². The highest BCUT2D eigenvalue weighted by Gasteiger charge is 2.30. The van der Waals surface area contributed by atoms with Crippen molar-refractivity contribution in [1.29, 1.82) is 0 Å². The third kappa shape index (κ3) is 2.78. The maximum Gasteiger partial charge on any atom is 0.0119 e. The molecule has 1 N–H and O–H groups in total. The highest BCUT2D eigenvalue weighted by molar-refractivity contribution is 4.85. The molecule has 1 saturated carbocycles. The van der Waals surface area contributed by atoms with Crippen molar-refractivity contribution in [3.63, 3.8) is 0 Å². The van der Waals surface area contributed by atoms with Gasteiger partial charge in [-0.15, -0.1) is 0 Å². The second-order valence-corrected chi connectivity index (χ2v) is 6.16. The molecule has 0 spiro atoms. The minimum atomic E-state index is 0.906. The Morgan fingerprint density at radius 3 is 2.50 bits per heavy atom. The highest BCUT2D eigenvalue weighted by atomic mass is 15.2. The molecule has 1 aliphatic carbocycles. The molecule has 0 aromatic rings. The topological polar surface area (TPSA) is 15.3 Å². The van der Waals surface area contributed by atoms with Crippen LogP contribution < -0.4 is 5.32 Å². The number of likely N-dealkylation sites (tertiary alicyclic amines) is 1. The van der Waals surface area contributed by atoms with E-state index in [1.807, 2.05) is 0 Å². The van der Waals surface area contributed by atoms with E-state index in [0.717, 1.165) is 17.9 Å². The molecule has 3 rings (SSSR count). The molecule has 2 aliphatic heterocycles. The zero-order chi connectivity index (χ0) is 10.8. The Balaban J connectivity index is 1.49. The summed E-state index contributed by atoms with van der Waals surface area (Å²) in [6, 6.07) is 0.906. The zero-order valence-corrected chi connectivity index (χ0v) is 10.5. The monoisotopic (exact) mass is 222 g/mol. The molecule has 3 fully saturated rings. The van der Waals surface area contributed by atoms with E-state index in [4.69, 9.17) is 0 Å². The Bertz CT molecular complexity index is 219. The number of nitrogens with one attached hydrogen (secondary N) is 1. The molecule has 92 valence electrons. The summed E-state index contributed by atoms with van der Waals surface area (Å²) in [6.45, 7) is 5.29. The van der Waals surface area contributed by atoms with Crippen molar-refractivity contribution >= 4 is 0 Å². The lowest BCUT2D eigenvalue weighted by molar-refractivity contribution is 0.0973. The third-order valence-electron chi connectivity index (χ3n) is 4.74. The van der Waals surface area contributed by atoms with E-state index < -0.39 is 0 Å². The van der Waals surface area contributed by atoms with Crippen LogP contribution in [0.15, 0.2) is 0 Å². The van der Waals surface area contributed by atoms with Gasteiger partial charge in [-0.3, -0.25) is 0 Å². The number of hydrogen-bond donors (Lipinski definition) is 1. The van der Waals surface area contributed by atoms with E-state index in [0.29, 0.717) is 0 Å². The first-order chi connectivity index (χ1) is 7.92. The van der Waals surface area contributed by atoms with Crippen molar-refractivity contribution in [2.45, 2.75) is 51.0 Å². The highest BCUT2D eigenvalue weighted by Crippen LogP contribution is 2.38. The van der Waals surface area contributed by atoms with Gasteiger partial charge in [-0.2, -0.15) is 0 Å². The minimum Gasteiger partial charge on any atom is -0.317 e. The molecule has 16 heavy (non-hydrogen) atoms. The summed E-state index contributed by atoms with van der Waals surface area (Å²) < 4.78 is 0. The second-order valence-electron chi connectivity index (χ2n) is 6.16. The molecule has 2 heteroatoms. The molecule has 0 amide bonds. The Kier molecular flexibility index (Phi) is 3.49. The van der Waals surface area contributed by atoms with Crippen LogP contribution in [-0.2, 0) is 0 Å². The van der Waals surface area contributed by atoms with Crippen molar-refractivity contribution in [2.24, 2.45) is 11.8 Å². The predicted octanol–water partition coefficient (Wildman–Crippen LogP) is 2.25. The normalized spacial score (nSPS) is 34.1. The summed E-state index contributed by atoms with van der Waals surface area (Å²) in [7, 11) is 0. The smallest absolute Gasteiger partial charge is 0.0119 e. The molecular formula is C14H26N2. The van der Waals surface area contributed by atoms with Gasteiger partial charge in [-0.1, -0.05) is 12.8 Å². The van der Waals surface area contributed by atoms with Crippen LogP contribution in [-0.4, -0.2) is 37.1 Å². The first-order valence-electron chi connectivity index (χ1n) is 7.36. The number of nitrogens with zero attached hydrogens (tertiary/aromatic N) is 1. The molecule has 2 heterocycles. The molecule has 2 nitrogen and oxygen atoms in total. The minimum absolute atomic E-state index is 0.906. The Morgan fingerprint density at radius 1 is 0.938 bits per heavy atom. The van der Waals surface area contributed by atoms with Crippen LogP contribution in [0, 0.1) is 11.8 Å². The summed E-state index contributed by atoms with van der Waals surface area (Å²) in [5, 5.41) is 3.48. The van der Waals surface area contributed by atoms with Crippen molar-refractivity contribution in [2.75, 3.05) is 26.2 Å². The van der Waals surface area contributed by atoms with Crippen LogP contribution in [0.5, 0.6) is 0 Å². The molecular weight excluding hydrogens is 196 g/mol. The van der Waals surface area contributed by atoms with Crippen molar-refractivity contribution < 1.29 is 0 Å². The van der Waals surface area contributed by atoms with E-state index in [9.17, 15) is 0 Å². The largest absolute Gasteiger partial charge is 0.317 e. The average molecular weight is 222 g/mol. The van der Waals surface area contributed by atoms with Crippen LogP contribution in [0.1, 0.15) is 44.9 Å². The average Bonchev–Trinajstić information content (AvgIpc) is 3.15. The van der Waals surface area contributed by atoms with E-state index >= 15 is 0 Å². The summed E-state index contributed by atoms with van der Waals surface area (Å²) in [6.07, 6.45) is 10.3. The molecule has 0 aromatic heterocycles. The van der Waals surface area contributed by atoms with E-state index in [2.05, 4.69) is 10.2 Å². The van der Waals surface area contributed by atoms with E-state index in [1.54, 1.807) is 6.42 Å². The van der Waals surface area contributed by atoms with E-state index in [1.165, 1.54) is 64.7 Å². The van der Waals surface area contributed by atoms with Gasteiger partial charge < -0.3 is 10.2 Å². The number of rotatable bonds is 3. The van der Waals surface area contributed by atoms with Gasteiger partial charge in [0.2, 0.25) is 0 Å². The van der Waals surface area contributed by atoms with Crippen LogP contribution in [0.2, 0.25) is 0 Å². The fraction of sp³-hybridized carbons (Fsp3) is 1.00. The quantitative estimate of drug-likeness (QED) is 0.788. The van der Waals surface area contributed by atoms with Crippen LogP contribution >= 0.6 is 0 Å². The standard InChI is InChI=1S/C14H26N2/c1-2-13(10-12-3-4-12)11-16(9-1)14-5-7-15-8-6-14/h12-15H,1-11H2. The Morgan fingerprint density at radius 2 is 1.75 bits per heavy atom. The zero-order valence-electron chi connectivity index (χ0n) is 10.5. The van der Waals surface area contributed by atoms with Gasteiger partial charge in [0.15, 0.2) is 0 Å². The van der Waals surface area contributed by atoms with Gasteiger partial charge in [0.05, 0.1) is 0 Å². The van der Waals surface area contributed by atoms with Crippen molar-refractivity contribution in [3.05, 3.63) is 0 Å². The lowest BCUT2D eigenvalue weighted by Crippen LogP contribution is -2.47. The maximum absolute atomic E-state index is 3.48. The summed E-state index contributed by atoms with van der Waals surface area (Å²) in [5.74, 6) is 2.16. The van der Waals surface area contributed by atoms with Gasteiger partial charge in [0.25, 0.3) is 0 Å². The number of hydrogen-bond acceptors (Lipinski definition) is 2. The molecule has 1 atom stereocenters. The first kappa shape index (κ1) is 11.0. The number of piperidine rings is 2. The van der Waals surface area contributed by atoms with Crippen molar-refractivity contribution in [1.82, 2.24) is 10.2 Å². The molecule has 0 aromatic carbocycles. The van der Waals surface area contributed by atoms with Gasteiger partial charge >= 0.3 is 0 Å². The van der Waals surface area contributed by atoms with Gasteiger partial charge in [0.1, 0.15) is 0 Å². The summed E-state index contributed by atoms with van der Waals surface area (Å²) in [4.78, 5) is 2.82. The van der Waals surface area contributed by atoms with Crippen LogP contribution in [0.25, 0.3) is 0 Å². The molecule has 3 aliphatic rings. The van der Waals surface area contributed by atoms with Crippen LogP contribution in [0.4, 0.5) is 0 Å². The maximum atomic E-state index is 3.48. The molecule has 1 unspecified atom stereocenters. The third-order valence-corrected chi connectivity index (χ3v) is 4.74. The SMILES string of the molecule is C1CC(CC2CC2)CN(C2CCNCC2)C1. The van der Waals surface area contributed by atoms with Gasteiger partial charge in [0, 0.05) is 12.6 Å². The van der Waals surface area contributed by atoms with Crippen molar-refractivity contribution in [3.8, 4) is 0 Å². The first-order valence-corrected chi connectivity index (χ1v) is 7.36. The second kappa shape index (κ2) is 5.05. The lowest BCUT2D eigenvalue weighted by atomic mass is 9.90. The molecule has 0 radical (unpaired) electrons. The summed E-state index contributed by atoms with van der Waals surface area (Å²) in [5.41, 5.74) is 0. The summed E-state index contributed by atoms with van der Waals surface area (Å²) >= 11 is 0. The Labute approximate surface area is 99.8 Å². The predicted molar refractivity (Wildman–Crippen MR) is 67.5 cm³/mol. The molecule has 0 bridgehead atoms.